The molecule has 0 saturated heterocycles. The van der Waals surface area contributed by atoms with Gasteiger partial charge in [0, 0.05) is 42.3 Å². The summed E-state index contributed by atoms with van der Waals surface area (Å²) in [6.45, 7) is 0. The monoisotopic (exact) mass is 355 g/mol. The predicted octanol–water partition coefficient (Wildman–Crippen LogP) is 5.51. The van der Waals surface area contributed by atoms with Crippen LogP contribution in [0.5, 0.6) is 0 Å². The van der Waals surface area contributed by atoms with Gasteiger partial charge in [-0.1, -0.05) is 18.2 Å². The minimum atomic E-state index is -4.44. The molecule has 0 unspecified atom stereocenters. The molecule has 4 aromatic rings. The number of rotatable bonds is 2. The number of fused-ring (bicyclic) bond motifs is 2. The average Bonchev–Trinajstić information content (AvgIpc) is 2.99. The zero-order valence-electron chi connectivity index (χ0n) is 14.2. The molecule has 2 aromatic heterocycles. The Morgan fingerprint density at radius 3 is 2.54 bits per heavy atom. The second-order valence-electron chi connectivity index (χ2n) is 6.27. The van der Waals surface area contributed by atoms with E-state index in [1.807, 2.05) is 42.1 Å². The van der Waals surface area contributed by atoms with E-state index in [-0.39, 0.29) is 11.2 Å². The smallest absolute Gasteiger partial charge is 0.351 e. The van der Waals surface area contributed by atoms with Crippen LogP contribution in [0.1, 0.15) is 5.56 Å². The lowest BCUT2D eigenvalue weighted by Gasteiger charge is -2.21. The quantitative estimate of drug-likeness (QED) is 0.472. The first-order valence-corrected chi connectivity index (χ1v) is 8.10. The molecule has 0 fully saturated rings. The Bertz CT molecular complexity index is 1110. The first-order chi connectivity index (χ1) is 12.3. The molecule has 2 aromatic carbocycles. The van der Waals surface area contributed by atoms with Crippen molar-refractivity contribution in [2.75, 3.05) is 11.9 Å². The summed E-state index contributed by atoms with van der Waals surface area (Å²) in [6, 6.07) is 15.2. The van der Waals surface area contributed by atoms with Gasteiger partial charge in [0.15, 0.2) is 0 Å². The Morgan fingerprint density at radius 2 is 1.77 bits per heavy atom. The van der Waals surface area contributed by atoms with Crippen molar-refractivity contribution in [3.05, 3.63) is 66.4 Å². The van der Waals surface area contributed by atoms with Gasteiger partial charge in [0.05, 0.1) is 11.1 Å². The third-order valence-electron chi connectivity index (χ3n) is 4.61. The van der Waals surface area contributed by atoms with E-state index in [1.54, 1.807) is 30.1 Å². The number of aromatic nitrogens is 2. The highest BCUT2D eigenvalue weighted by Gasteiger charge is 2.33. The fourth-order valence-electron chi connectivity index (χ4n) is 3.18. The first kappa shape index (κ1) is 16.4. The summed E-state index contributed by atoms with van der Waals surface area (Å²) in [5, 5.41) is 1.13. The molecule has 2 heterocycles. The van der Waals surface area contributed by atoms with E-state index in [0.29, 0.717) is 5.52 Å². The van der Waals surface area contributed by atoms with Crippen molar-refractivity contribution in [2.45, 2.75) is 6.18 Å². The molecule has 0 amide bonds. The summed E-state index contributed by atoms with van der Waals surface area (Å²) in [7, 11) is 3.67. The van der Waals surface area contributed by atoms with Crippen LogP contribution < -0.4 is 4.90 Å². The third kappa shape index (κ3) is 2.67. The number of hydrogen-bond acceptors (Lipinski definition) is 2. The van der Waals surface area contributed by atoms with Crippen LogP contribution in [-0.2, 0) is 13.2 Å². The van der Waals surface area contributed by atoms with Gasteiger partial charge in [0.25, 0.3) is 0 Å². The Kier molecular flexibility index (Phi) is 3.64. The van der Waals surface area contributed by atoms with Gasteiger partial charge in [-0.3, -0.25) is 0 Å². The van der Waals surface area contributed by atoms with Gasteiger partial charge in [0.1, 0.15) is 5.82 Å². The molecule has 0 aliphatic carbocycles. The maximum absolute atomic E-state index is 13.5. The van der Waals surface area contributed by atoms with Crippen LogP contribution in [0.3, 0.4) is 0 Å². The highest BCUT2D eigenvalue weighted by atomic mass is 19.4. The summed E-state index contributed by atoms with van der Waals surface area (Å²) in [4.78, 5) is 6.11. The lowest BCUT2D eigenvalue weighted by molar-refractivity contribution is -0.136. The zero-order chi connectivity index (χ0) is 18.5. The van der Waals surface area contributed by atoms with Crippen molar-refractivity contribution in [1.82, 2.24) is 9.55 Å². The molecule has 6 heteroatoms. The highest BCUT2D eigenvalue weighted by molar-refractivity contribution is 5.87. The summed E-state index contributed by atoms with van der Waals surface area (Å²) in [6.07, 6.45) is -2.49. The van der Waals surface area contributed by atoms with E-state index >= 15 is 0 Å². The molecule has 0 radical (unpaired) electrons. The van der Waals surface area contributed by atoms with Crippen molar-refractivity contribution >= 4 is 33.3 Å². The number of hydrogen-bond donors (Lipinski definition) is 0. The van der Waals surface area contributed by atoms with Gasteiger partial charge in [-0.2, -0.15) is 13.2 Å². The summed E-state index contributed by atoms with van der Waals surface area (Å²) < 4.78 is 42.6. The van der Waals surface area contributed by atoms with Crippen LogP contribution in [0.2, 0.25) is 0 Å². The Labute approximate surface area is 148 Å². The van der Waals surface area contributed by atoms with Crippen molar-refractivity contribution < 1.29 is 13.2 Å². The highest BCUT2D eigenvalue weighted by Crippen LogP contribution is 2.37. The van der Waals surface area contributed by atoms with Gasteiger partial charge in [-0.05, 0) is 36.4 Å². The molecule has 0 bridgehead atoms. The van der Waals surface area contributed by atoms with E-state index in [9.17, 15) is 13.2 Å². The zero-order valence-corrected chi connectivity index (χ0v) is 14.2. The summed E-state index contributed by atoms with van der Waals surface area (Å²) in [5.74, 6) is 0.256. The average molecular weight is 355 g/mol. The predicted molar refractivity (Wildman–Crippen MR) is 97.7 cm³/mol. The number of anilines is 2. The Morgan fingerprint density at radius 1 is 1.00 bits per heavy atom. The molecule has 3 nitrogen and oxygen atoms in total. The number of aryl methyl sites for hydroxylation is 1. The summed E-state index contributed by atoms with van der Waals surface area (Å²) in [5.41, 5.74) is 1.49. The number of para-hydroxylation sites is 1. The number of nitrogens with zero attached hydrogens (tertiary/aromatic N) is 3. The number of halogens is 3. The van der Waals surface area contributed by atoms with Crippen molar-refractivity contribution in [3.63, 3.8) is 0 Å². The second-order valence-corrected chi connectivity index (χ2v) is 6.27. The van der Waals surface area contributed by atoms with Crippen molar-refractivity contribution in [2.24, 2.45) is 7.05 Å². The molecular weight excluding hydrogens is 339 g/mol. The Balaban J connectivity index is 1.86. The molecule has 132 valence electrons. The molecule has 0 spiro atoms. The number of pyridine rings is 1. The van der Waals surface area contributed by atoms with Crippen LogP contribution in [0.4, 0.5) is 24.7 Å². The minimum Gasteiger partial charge on any atom is -0.351 e. The van der Waals surface area contributed by atoms with Crippen LogP contribution in [-0.4, -0.2) is 16.6 Å². The van der Waals surface area contributed by atoms with E-state index in [1.165, 1.54) is 6.07 Å². The molecule has 0 aliphatic rings. The molecule has 0 atom stereocenters. The lowest BCUT2D eigenvalue weighted by Crippen LogP contribution is -2.14. The maximum atomic E-state index is 13.5. The largest absolute Gasteiger partial charge is 0.417 e. The molecular formula is C20H16F3N3. The molecule has 0 saturated carbocycles. The minimum absolute atomic E-state index is 0.107. The van der Waals surface area contributed by atoms with Gasteiger partial charge < -0.3 is 9.47 Å². The maximum Gasteiger partial charge on any atom is 0.417 e. The van der Waals surface area contributed by atoms with E-state index in [4.69, 9.17) is 0 Å². The van der Waals surface area contributed by atoms with Gasteiger partial charge in [0.2, 0.25) is 0 Å². The Hall–Kier alpha value is -3.02. The van der Waals surface area contributed by atoms with E-state index in [0.717, 1.165) is 22.7 Å². The van der Waals surface area contributed by atoms with Crippen LogP contribution in [0.25, 0.3) is 21.8 Å². The van der Waals surface area contributed by atoms with Crippen molar-refractivity contribution in [3.8, 4) is 0 Å². The standard InChI is InChI=1S/C20H16F3N3/c1-25-10-9-13-11-14(7-8-18(13)25)26(2)19-12-16(20(21,22)23)15-5-3-4-6-17(15)24-19/h3-12H,1-2H3. The first-order valence-electron chi connectivity index (χ1n) is 8.10. The fourth-order valence-corrected chi connectivity index (χ4v) is 3.18. The fraction of sp³-hybridized carbons (Fsp3) is 0.150. The molecule has 4 rings (SSSR count). The van der Waals surface area contributed by atoms with Crippen LogP contribution in [0.15, 0.2) is 60.8 Å². The molecule has 26 heavy (non-hydrogen) atoms. The van der Waals surface area contributed by atoms with Crippen LogP contribution in [0, 0.1) is 0 Å². The lowest BCUT2D eigenvalue weighted by atomic mass is 10.1. The van der Waals surface area contributed by atoms with Crippen molar-refractivity contribution in [1.29, 1.82) is 0 Å². The van der Waals surface area contributed by atoms with E-state index < -0.39 is 11.7 Å². The SMILES string of the molecule is CN(c1ccc2c(ccn2C)c1)c1cc(C(F)(F)F)c2ccccc2n1. The van der Waals surface area contributed by atoms with E-state index in [2.05, 4.69) is 4.98 Å². The third-order valence-corrected chi connectivity index (χ3v) is 4.61. The molecule has 0 N–H and O–H groups in total. The van der Waals surface area contributed by atoms with Gasteiger partial charge >= 0.3 is 6.18 Å². The topological polar surface area (TPSA) is 21.1 Å². The molecule has 0 aliphatic heterocycles. The number of benzene rings is 2. The second kappa shape index (κ2) is 5.76. The van der Waals surface area contributed by atoms with Gasteiger partial charge in [-0.15, -0.1) is 0 Å². The number of alkyl halides is 3. The summed E-state index contributed by atoms with van der Waals surface area (Å²) >= 11 is 0. The van der Waals surface area contributed by atoms with Gasteiger partial charge in [-0.25, -0.2) is 4.98 Å². The normalized spacial score (nSPS) is 12.0. The van der Waals surface area contributed by atoms with Crippen LogP contribution >= 0.6 is 0 Å².